The van der Waals surface area contributed by atoms with E-state index in [1.807, 2.05) is 19.1 Å². The van der Waals surface area contributed by atoms with Gasteiger partial charge in [0.15, 0.2) is 11.6 Å². The molecule has 9 heteroatoms. The zero-order chi connectivity index (χ0) is 20.1. The molecule has 2 aliphatic rings. The van der Waals surface area contributed by atoms with Crippen LogP contribution in [0, 0.1) is 17.0 Å². The third-order valence-corrected chi connectivity index (χ3v) is 5.24. The lowest BCUT2D eigenvalue weighted by Gasteiger charge is -2.30. The number of nitrogens with one attached hydrogen (secondary N) is 1. The number of nitro groups is 1. The lowest BCUT2D eigenvalue weighted by atomic mass is 9.88. The second-order valence-corrected chi connectivity index (χ2v) is 7.15. The number of furan rings is 1. The third kappa shape index (κ3) is 2.82. The molecule has 9 nitrogen and oxygen atoms in total. The molecule has 0 saturated carbocycles. The molecule has 0 radical (unpaired) electrons. The number of aryl methyl sites for hydroxylation is 1. The molecule has 0 fully saturated rings. The van der Waals surface area contributed by atoms with E-state index in [2.05, 4.69) is 15.4 Å². The van der Waals surface area contributed by atoms with Gasteiger partial charge in [0.1, 0.15) is 17.6 Å². The van der Waals surface area contributed by atoms with Crippen LogP contribution in [-0.2, 0) is 4.79 Å². The van der Waals surface area contributed by atoms with E-state index in [4.69, 9.17) is 4.42 Å². The number of nitrogens with zero attached hydrogens (tertiary/aromatic N) is 4. The molecule has 3 aromatic rings. The molecule has 0 saturated heterocycles. The number of allylic oxidation sites excluding steroid dienone is 2. The maximum absolute atomic E-state index is 12.7. The van der Waals surface area contributed by atoms with E-state index >= 15 is 0 Å². The van der Waals surface area contributed by atoms with Gasteiger partial charge in [0, 0.05) is 35.4 Å². The van der Waals surface area contributed by atoms with Crippen molar-refractivity contribution in [2.45, 2.75) is 32.2 Å². The first kappa shape index (κ1) is 17.4. The van der Waals surface area contributed by atoms with Crippen molar-refractivity contribution in [2.24, 2.45) is 0 Å². The molecule has 1 N–H and O–H groups in total. The van der Waals surface area contributed by atoms with E-state index in [-0.39, 0.29) is 11.5 Å². The first-order chi connectivity index (χ1) is 14.0. The summed E-state index contributed by atoms with van der Waals surface area (Å²) in [5.74, 6) is 2.40. The topological polar surface area (TPSA) is 116 Å². The van der Waals surface area contributed by atoms with Gasteiger partial charge in [-0.15, -0.1) is 5.10 Å². The van der Waals surface area contributed by atoms with Crippen LogP contribution in [0.4, 0.5) is 11.6 Å². The van der Waals surface area contributed by atoms with Gasteiger partial charge in [0.25, 0.3) is 5.69 Å². The van der Waals surface area contributed by atoms with Crippen LogP contribution in [0.1, 0.15) is 36.8 Å². The zero-order valence-corrected chi connectivity index (χ0v) is 15.6. The summed E-state index contributed by atoms with van der Waals surface area (Å²) in [7, 11) is 0. The minimum absolute atomic E-state index is 0.00233. The molecule has 0 spiro atoms. The number of hydrogen-bond acceptors (Lipinski definition) is 7. The lowest BCUT2D eigenvalue weighted by Crippen LogP contribution is -2.31. The molecule has 1 atom stereocenters. The van der Waals surface area contributed by atoms with Gasteiger partial charge < -0.3 is 9.73 Å². The molecule has 0 bridgehead atoms. The standard InChI is InChI=1S/C20H17N5O4/c1-11-5-10-16(29-11)18-17-14(3-2-4-15(17)26)21-20-22-19(23-24(18)20)12-6-8-13(9-7-12)25(27)28/h5-10,18H,2-4H2,1H3,(H,21,22,23). The number of non-ortho nitro benzene ring substituents is 1. The summed E-state index contributed by atoms with van der Waals surface area (Å²) in [6, 6.07) is 9.30. The SMILES string of the molecule is Cc1ccc(C2C3=C(CCCC3=O)Nc3nc(-c4ccc([N+](=O)[O-])cc4)nn32)o1. The van der Waals surface area contributed by atoms with Crippen molar-refractivity contribution in [3.8, 4) is 11.4 Å². The summed E-state index contributed by atoms with van der Waals surface area (Å²) >= 11 is 0. The van der Waals surface area contributed by atoms with Gasteiger partial charge in [-0.2, -0.15) is 4.98 Å². The van der Waals surface area contributed by atoms with Crippen LogP contribution in [0.25, 0.3) is 11.4 Å². The van der Waals surface area contributed by atoms with Crippen molar-refractivity contribution in [1.82, 2.24) is 14.8 Å². The molecule has 0 amide bonds. The van der Waals surface area contributed by atoms with Gasteiger partial charge in [-0.3, -0.25) is 14.9 Å². The average Bonchev–Trinajstić information content (AvgIpc) is 3.32. The number of carbonyl (C=O) groups is 1. The van der Waals surface area contributed by atoms with E-state index in [0.29, 0.717) is 35.1 Å². The predicted octanol–water partition coefficient (Wildman–Crippen LogP) is 3.78. The van der Waals surface area contributed by atoms with Gasteiger partial charge in [0.2, 0.25) is 5.95 Å². The highest BCUT2D eigenvalue weighted by molar-refractivity contribution is 5.99. The van der Waals surface area contributed by atoms with Crippen molar-refractivity contribution in [2.75, 3.05) is 5.32 Å². The van der Waals surface area contributed by atoms with E-state index in [9.17, 15) is 14.9 Å². The van der Waals surface area contributed by atoms with Crippen molar-refractivity contribution in [3.05, 3.63) is 69.3 Å². The van der Waals surface area contributed by atoms with Gasteiger partial charge in [-0.1, -0.05) is 0 Å². The number of anilines is 1. The Morgan fingerprint density at radius 3 is 2.69 bits per heavy atom. The molecule has 146 valence electrons. The highest BCUT2D eigenvalue weighted by Crippen LogP contribution is 2.41. The Morgan fingerprint density at radius 1 is 1.21 bits per heavy atom. The number of nitro benzene ring substituents is 1. The number of aromatic nitrogens is 3. The van der Waals surface area contributed by atoms with E-state index < -0.39 is 11.0 Å². The first-order valence-electron chi connectivity index (χ1n) is 9.32. The molecular weight excluding hydrogens is 374 g/mol. The van der Waals surface area contributed by atoms with Crippen LogP contribution in [0.2, 0.25) is 0 Å². The third-order valence-electron chi connectivity index (χ3n) is 5.24. The van der Waals surface area contributed by atoms with Crippen LogP contribution in [0.5, 0.6) is 0 Å². The molecule has 1 aromatic carbocycles. The Balaban J connectivity index is 1.62. The largest absolute Gasteiger partial charge is 0.464 e. The summed E-state index contributed by atoms with van der Waals surface area (Å²) in [4.78, 5) is 27.8. The monoisotopic (exact) mass is 391 g/mol. The molecule has 1 aliphatic heterocycles. The Hall–Kier alpha value is -3.75. The number of carbonyl (C=O) groups excluding carboxylic acids is 1. The summed E-state index contributed by atoms with van der Waals surface area (Å²) < 4.78 is 7.52. The molecule has 1 aliphatic carbocycles. The van der Waals surface area contributed by atoms with Crippen molar-refractivity contribution in [3.63, 3.8) is 0 Å². The fraction of sp³-hybridized carbons (Fsp3) is 0.250. The van der Waals surface area contributed by atoms with E-state index in [1.165, 1.54) is 12.1 Å². The normalized spacial score (nSPS) is 18.2. The number of ketones is 1. The zero-order valence-electron chi connectivity index (χ0n) is 15.6. The Morgan fingerprint density at radius 2 is 2.00 bits per heavy atom. The summed E-state index contributed by atoms with van der Waals surface area (Å²) in [5.41, 5.74) is 2.18. The molecule has 1 unspecified atom stereocenters. The highest BCUT2D eigenvalue weighted by Gasteiger charge is 2.38. The molecule has 3 heterocycles. The Bertz CT molecular complexity index is 1170. The van der Waals surface area contributed by atoms with E-state index in [1.54, 1.807) is 16.8 Å². The summed E-state index contributed by atoms with van der Waals surface area (Å²) in [6.45, 7) is 1.85. The fourth-order valence-electron chi connectivity index (χ4n) is 3.87. The Labute approximate surface area is 165 Å². The van der Waals surface area contributed by atoms with Crippen LogP contribution in [-0.4, -0.2) is 25.5 Å². The van der Waals surface area contributed by atoms with Gasteiger partial charge in [0.05, 0.1) is 4.92 Å². The van der Waals surface area contributed by atoms with Crippen molar-refractivity contribution in [1.29, 1.82) is 0 Å². The minimum atomic E-state index is -0.484. The summed E-state index contributed by atoms with van der Waals surface area (Å²) in [5, 5.41) is 18.8. The maximum atomic E-state index is 12.7. The Kier molecular flexibility index (Phi) is 3.83. The van der Waals surface area contributed by atoms with Crippen LogP contribution in [0.3, 0.4) is 0 Å². The number of Topliss-reactive ketones (excluding diaryl/α,β-unsaturated/α-hetero) is 1. The van der Waals surface area contributed by atoms with Crippen LogP contribution < -0.4 is 5.32 Å². The van der Waals surface area contributed by atoms with Gasteiger partial charge >= 0.3 is 0 Å². The smallest absolute Gasteiger partial charge is 0.269 e. The molecular formula is C20H17N5O4. The predicted molar refractivity (Wildman–Crippen MR) is 103 cm³/mol. The first-order valence-corrected chi connectivity index (χ1v) is 9.32. The van der Waals surface area contributed by atoms with Crippen molar-refractivity contribution >= 4 is 17.4 Å². The quantitative estimate of drug-likeness (QED) is 0.533. The lowest BCUT2D eigenvalue weighted by molar-refractivity contribution is -0.384. The van der Waals surface area contributed by atoms with Gasteiger partial charge in [-0.25, -0.2) is 4.68 Å². The minimum Gasteiger partial charge on any atom is -0.464 e. The van der Waals surface area contributed by atoms with E-state index in [0.717, 1.165) is 24.3 Å². The molecule has 29 heavy (non-hydrogen) atoms. The van der Waals surface area contributed by atoms with Gasteiger partial charge in [-0.05, 0) is 44.0 Å². The second-order valence-electron chi connectivity index (χ2n) is 7.15. The fourth-order valence-corrected chi connectivity index (χ4v) is 3.87. The highest BCUT2D eigenvalue weighted by atomic mass is 16.6. The second kappa shape index (κ2) is 6.40. The van der Waals surface area contributed by atoms with Crippen molar-refractivity contribution < 1.29 is 14.1 Å². The number of hydrogen-bond donors (Lipinski definition) is 1. The van der Waals surface area contributed by atoms with Crippen LogP contribution >= 0.6 is 0 Å². The number of benzene rings is 1. The molecule has 5 rings (SSSR count). The maximum Gasteiger partial charge on any atom is 0.269 e. The molecule has 2 aromatic heterocycles. The average molecular weight is 391 g/mol. The summed E-state index contributed by atoms with van der Waals surface area (Å²) in [6.07, 6.45) is 2.05. The number of fused-ring (bicyclic) bond motifs is 1. The number of rotatable bonds is 3. The van der Waals surface area contributed by atoms with Crippen LogP contribution in [0.15, 0.2) is 52.1 Å².